The van der Waals surface area contributed by atoms with Gasteiger partial charge in [0.15, 0.2) is 0 Å². The normalized spacial score (nSPS) is 16.7. The lowest BCUT2D eigenvalue weighted by Gasteiger charge is -2.32. The summed E-state index contributed by atoms with van der Waals surface area (Å²) < 4.78 is 28.2. The molecule has 178 valence electrons. The molecule has 1 saturated heterocycles. The van der Waals surface area contributed by atoms with Gasteiger partial charge in [0, 0.05) is 30.4 Å². The van der Waals surface area contributed by atoms with Gasteiger partial charge in [0.1, 0.15) is 0 Å². The summed E-state index contributed by atoms with van der Waals surface area (Å²) in [4.78, 5) is 27.3. The lowest BCUT2D eigenvalue weighted by atomic mass is 9.96. The zero-order valence-electron chi connectivity index (χ0n) is 19.7. The second kappa shape index (κ2) is 10.4. The number of likely N-dealkylation sites (tertiary alicyclic amines) is 1. The number of amides is 2. The van der Waals surface area contributed by atoms with E-state index in [0.717, 1.165) is 18.4 Å². The van der Waals surface area contributed by atoms with Crippen LogP contribution in [-0.4, -0.2) is 44.3 Å². The van der Waals surface area contributed by atoms with Gasteiger partial charge in [0.05, 0.1) is 10.8 Å². The molecule has 1 atom stereocenters. The van der Waals surface area contributed by atoms with E-state index in [2.05, 4.69) is 10.0 Å². The standard InChI is InChI=1S/C25H33N3O4S/c1-17(2)19-10-12-23(13-11-19)33(31,32)27-22-9-5-7-20(15-22)25(30)28-14-6-8-21(16-28)24(29)26-18(3)4/h5,7,9-13,15,17-18,21,27H,6,8,14,16H2,1-4H3,(H,26,29). The number of carbonyl (C=O) groups is 2. The summed E-state index contributed by atoms with van der Waals surface area (Å²) in [5.41, 5.74) is 1.76. The Balaban J connectivity index is 1.72. The van der Waals surface area contributed by atoms with Crippen molar-refractivity contribution < 1.29 is 18.0 Å². The molecule has 2 aromatic carbocycles. The van der Waals surface area contributed by atoms with Crippen molar-refractivity contribution in [3.8, 4) is 0 Å². The lowest BCUT2D eigenvalue weighted by molar-refractivity contribution is -0.126. The van der Waals surface area contributed by atoms with Gasteiger partial charge in [-0.15, -0.1) is 0 Å². The Morgan fingerprint density at radius 1 is 1.03 bits per heavy atom. The van der Waals surface area contributed by atoms with Crippen molar-refractivity contribution in [2.45, 2.75) is 57.4 Å². The van der Waals surface area contributed by atoms with Crippen LogP contribution in [0.2, 0.25) is 0 Å². The number of nitrogens with one attached hydrogen (secondary N) is 2. The summed E-state index contributed by atoms with van der Waals surface area (Å²) in [5.74, 6) is -0.171. The van der Waals surface area contributed by atoms with Crippen LogP contribution in [0.25, 0.3) is 0 Å². The van der Waals surface area contributed by atoms with Crippen molar-refractivity contribution in [3.63, 3.8) is 0 Å². The average Bonchev–Trinajstić information content (AvgIpc) is 2.78. The van der Waals surface area contributed by atoms with Gasteiger partial charge in [-0.25, -0.2) is 8.42 Å². The summed E-state index contributed by atoms with van der Waals surface area (Å²) in [6.45, 7) is 8.85. The monoisotopic (exact) mass is 471 g/mol. The molecule has 0 radical (unpaired) electrons. The minimum Gasteiger partial charge on any atom is -0.354 e. The predicted molar refractivity (Wildman–Crippen MR) is 130 cm³/mol. The molecule has 1 aliphatic heterocycles. The molecule has 2 aromatic rings. The third kappa shape index (κ3) is 6.35. The van der Waals surface area contributed by atoms with Gasteiger partial charge in [0.2, 0.25) is 5.91 Å². The van der Waals surface area contributed by atoms with Crippen molar-refractivity contribution in [2.75, 3.05) is 17.8 Å². The number of anilines is 1. The predicted octanol–water partition coefficient (Wildman–Crippen LogP) is 3.99. The molecule has 33 heavy (non-hydrogen) atoms. The minimum atomic E-state index is -3.78. The highest BCUT2D eigenvalue weighted by atomic mass is 32.2. The summed E-state index contributed by atoms with van der Waals surface area (Å²) in [6.07, 6.45) is 1.50. The zero-order valence-corrected chi connectivity index (χ0v) is 20.5. The van der Waals surface area contributed by atoms with Crippen LogP contribution in [0, 0.1) is 5.92 Å². The highest BCUT2D eigenvalue weighted by Gasteiger charge is 2.29. The Bertz CT molecular complexity index is 1090. The van der Waals surface area contributed by atoms with Crippen molar-refractivity contribution in [3.05, 3.63) is 59.7 Å². The topological polar surface area (TPSA) is 95.6 Å². The van der Waals surface area contributed by atoms with Crippen LogP contribution < -0.4 is 10.0 Å². The molecule has 0 aliphatic carbocycles. The van der Waals surface area contributed by atoms with Crippen molar-refractivity contribution in [2.24, 2.45) is 5.92 Å². The Hall–Kier alpha value is -2.87. The van der Waals surface area contributed by atoms with Crippen LogP contribution >= 0.6 is 0 Å². The number of piperidine rings is 1. The van der Waals surface area contributed by atoms with E-state index >= 15 is 0 Å². The Kier molecular flexibility index (Phi) is 7.79. The first-order chi connectivity index (χ1) is 15.6. The molecule has 2 N–H and O–H groups in total. The van der Waals surface area contributed by atoms with Crippen LogP contribution in [0.3, 0.4) is 0 Å². The van der Waals surface area contributed by atoms with Crippen molar-refractivity contribution >= 4 is 27.5 Å². The number of hydrogen-bond donors (Lipinski definition) is 2. The Morgan fingerprint density at radius 2 is 1.73 bits per heavy atom. The second-order valence-corrected chi connectivity index (χ2v) is 10.8. The van der Waals surface area contributed by atoms with Gasteiger partial charge >= 0.3 is 0 Å². The minimum absolute atomic E-state index is 0.0347. The molecule has 0 spiro atoms. The highest BCUT2D eigenvalue weighted by Crippen LogP contribution is 2.23. The van der Waals surface area contributed by atoms with E-state index in [0.29, 0.717) is 30.3 Å². The fraction of sp³-hybridized carbons (Fsp3) is 0.440. The molecule has 1 aliphatic rings. The Labute approximate surface area is 196 Å². The van der Waals surface area contributed by atoms with Crippen LogP contribution in [0.4, 0.5) is 5.69 Å². The summed E-state index contributed by atoms with van der Waals surface area (Å²) in [7, 11) is -3.78. The number of benzene rings is 2. The smallest absolute Gasteiger partial charge is 0.261 e. The fourth-order valence-electron chi connectivity index (χ4n) is 3.92. The first kappa shape index (κ1) is 24.8. The molecule has 1 fully saturated rings. The zero-order chi connectivity index (χ0) is 24.2. The average molecular weight is 472 g/mol. The van der Waals surface area contributed by atoms with Crippen LogP contribution in [-0.2, 0) is 14.8 Å². The molecule has 2 amide bonds. The molecule has 1 unspecified atom stereocenters. The maximum absolute atomic E-state index is 13.1. The summed E-state index contributed by atoms with van der Waals surface area (Å²) in [6, 6.07) is 13.3. The quantitative estimate of drug-likeness (QED) is 0.638. The molecule has 0 bridgehead atoms. The third-order valence-electron chi connectivity index (χ3n) is 5.73. The van der Waals surface area contributed by atoms with Gasteiger partial charge in [-0.05, 0) is 68.5 Å². The number of sulfonamides is 1. The molecule has 8 heteroatoms. The molecular weight excluding hydrogens is 438 g/mol. The molecule has 0 aromatic heterocycles. The third-order valence-corrected chi connectivity index (χ3v) is 7.13. The van der Waals surface area contributed by atoms with Crippen molar-refractivity contribution in [1.82, 2.24) is 10.2 Å². The van der Waals surface area contributed by atoms with E-state index in [1.54, 1.807) is 53.4 Å². The largest absolute Gasteiger partial charge is 0.354 e. The molecule has 7 nitrogen and oxygen atoms in total. The lowest BCUT2D eigenvalue weighted by Crippen LogP contribution is -2.46. The molecule has 3 rings (SSSR count). The van der Waals surface area contributed by atoms with Gasteiger partial charge in [0.25, 0.3) is 15.9 Å². The second-order valence-electron chi connectivity index (χ2n) is 9.16. The maximum Gasteiger partial charge on any atom is 0.261 e. The van der Waals surface area contributed by atoms with E-state index in [1.165, 1.54) is 0 Å². The maximum atomic E-state index is 13.1. The van der Waals surface area contributed by atoms with Gasteiger partial charge in [-0.1, -0.05) is 32.0 Å². The van der Waals surface area contributed by atoms with Crippen LogP contribution in [0.5, 0.6) is 0 Å². The molecule has 0 saturated carbocycles. The summed E-state index contributed by atoms with van der Waals surface area (Å²) in [5, 5.41) is 2.92. The number of carbonyl (C=O) groups excluding carboxylic acids is 2. The first-order valence-corrected chi connectivity index (χ1v) is 12.9. The molecule has 1 heterocycles. The Morgan fingerprint density at radius 3 is 2.36 bits per heavy atom. The number of rotatable bonds is 7. The highest BCUT2D eigenvalue weighted by molar-refractivity contribution is 7.92. The van der Waals surface area contributed by atoms with E-state index in [9.17, 15) is 18.0 Å². The first-order valence-electron chi connectivity index (χ1n) is 11.4. The number of nitrogens with zero attached hydrogens (tertiary/aromatic N) is 1. The van der Waals surface area contributed by atoms with E-state index < -0.39 is 10.0 Å². The van der Waals surface area contributed by atoms with Gasteiger partial charge in [-0.3, -0.25) is 14.3 Å². The van der Waals surface area contributed by atoms with Gasteiger partial charge < -0.3 is 10.2 Å². The van der Waals surface area contributed by atoms with E-state index in [4.69, 9.17) is 0 Å². The molecular formula is C25H33N3O4S. The van der Waals surface area contributed by atoms with E-state index in [1.807, 2.05) is 27.7 Å². The van der Waals surface area contributed by atoms with Crippen LogP contribution in [0.15, 0.2) is 53.4 Å². The SMILES string of the molecule is CC(C)NC(=O)C1CCCN(C(=O)c2cccc(NS(=O)(=O)c3ccc(C(C)C)cc3)c2)C1. The fourth-order valence-corrected chi connectivity index (χ4v) is 4.97. The van der Waals surface area contributed by atoms with Crippen LogP contribution in [0.1, 0.15) is 62.4 Å². The van der Waals surface area contributed by atoms with E-state index in [-0.39, 0.29) is 28.7 Å². The number of hydrogen-bond acceptors (Lipinski definition) is 4. The van der Waals surface area contributed by atoms with Gasteiger partial charge in [-0.2, -0.15) is 0 Å². The van der Waals surface area contributed by atoms with Crippen molar-refractivity contribution in [1.29, 1.82) is 0 Å². The summed E-state index contributed by atoms with van der Waals surface area (Å²) >= 11 is 0.